The number of nitrogens with zero attached hydrogens (tertiary/aromatic N) is 3. The molecule has 1 aliphatic rings. The van der Waals surface area contributed by atoms with Gasteiger partial charge in [0.1, 0.15) is 0 Å². The Kier molecular flexibility index (Phi) is 4.48. The number of thiophene rings is 1. The second kappa shape index (κ2) is 11.4. The van der Waals surface area contributed by atoms with Gasteiger partial charge in [0.15, 0.2) is 17.5 Å². The molecule has 0 saturated heterocycles. The average molecular weight is 637 g/mol. The first-order valence-corrected chi connectivity index (χ1v) is 16.3. The molecule has 1 aliphatic heterocycles. The normalized spacial score (nSPS) is 17.5. The van der Waals surface area contributed by atoms with Crippen molar-refractivity contribution >= 4 is 43.3 Å². The van der Waals surface area contributed by atoms with Crippen molar-refractivity contribution < 1.29 is 15.1 Å². The summed E-state index contributed by atoms with van der Waals surface area (Å²) >= 11 is 2.73. The molecule has 3 nitrogen and oxygen atoms in total. The molecule has 0 N–H and O–H groups in total. The van der Waals surface area contributed by atoms with Gasteiger partial charge in [0.05, 0.1) is 15.1 Å². The quantitative estimate of drug-likeness (QED) is 0.188. The molecule has 0 aliphatic carbocycles. The van der Waals surface area contributed by atoms with Gasteiger partial charge in [-0.15, -0.1) is 23.1 Å². The minimum atomic E-state index is -0.646. The topological polar surface area (TPSA) is 38.7 Å². The number of aromatic nitrogens is 3. The maximum atomic E-state index is 9.51. The van der Waals surface area contributed by atoms with Gasteiger partial charge in [-0.2, -0.15) is 0 Å². The van der Waals surface area contributed by atoms with Crippen LogP contribution >= 0.6 is 23.1 Å². The van der Waals surface area contributed by atoms with E-state index in [4.69, 9.17) is 25.9 Å². The van der Waals surface area contributed by atoms with Crippen molar-refractivity contribution in [3.8, 4) is 45.3 Å². The lowest BCUT2D eigenvalue weighted by molar-refractivity contribution is 0.937. The fourth-order valence-electron chi connectivity index (χ4n) is 5.76. The SMILES string of the molecule is [2H]c1c([2H])c([2H])c(-c2c([2H])c([2H])c([2H])c3sc4c([2H])c(-c5nc(-c6ccccc6)nc(-c6ccc(C7CSc8ccccc87)cc6)n5)c([2H])c([2H])c4c23)c([2H])c1[2H]. The summed E-state index contributed by atoms with van der Waals surface area (Å²) < 4.78 is 96.7. The van der Waals surface area contributed by atoms with Crippen molar-refractivity contribution in [2.45, 2.75) is 10.8 Å². The van der Waals surface area contributed by atoms with Crippen molar-refractivity contribution in [1.29, 1.82) is 0 Å². The van der Waals surface area contributed by atoms with Crippen LogP contribution in [0.4, 0.5) is 0 Å². The highest BCUT2D eigenvalue weighted by molar-refractivity contribution is 7.99. The molecular weight excluding hydrogens is 599 g/mol. The third-order valence-electron chi connectivity index (χ3n) is 7.98. The summed E-state index contributed by atoms with van der Waals surface area (Å²) in [5.74, 6) is 1.72. The highest BCUT2D eigenvalue weighted by Crippen LogP contribution is 2.44. The Bertz CT molecular complexity index is 2960. The van der Waals surface area contributed by atoms with Crippen molar-refractivity contribution in [1.82, 2.24) is 15.0 Å². The van der Waals surface area contributed by atoms with Gasteiger partial charge in [-0.25, -0.2) is 15.0 Å². The largest absolute Gasteiger partial charge is 0.208 e. The molecule has 3 heterocycles. The second-order valence-corrected chi connectivity index (χ2v) is 12.8. The molecular formula is C41H27N3S2. The summed E-state index contributed by atoms with van der Waals surface area (Å²) in [6.45, 7) is 0. The van der Waals surface area contributed by atoms with Crippen LogP contribution in [0.3, 0.4) is 0 Å². The van der Waals surface area contributed by atoms with Crippen molar-refractivity contribution in [2.24, 2.45) is 0 Å². The molecule has 2 aromatic heterocycles. The van der Waals surface area contributed by atoms with Crippen LogP contribution in [0, 0.1) is 0 Å². The van der Waals surface area contributed by atoms with Crippen LogP contribution in [-0.4, -0.2) is 20.7 Å². The average Bonchev–Trinajstić information content (AvgIpc) is 3.85. The molecule has 6 aromatic carbocycles. The number of hydrogen-bond donors (Lipinski definition) is 0. The lowest BCUT2D eigenvalue weighted by Crippen LogP contribution is -2.01. The summed E-state index contributed by atoms with van der Waals surface area (Å²) in [7, 11) is 0. The molecule has 9 rings (SSSR count). The van der Waals surface area contributed by atoms with Crippen LogP contribution in [0.2, 0.25) is 0 Å². The monoisotopic (exact) mass is 636 g/mol. The Morgan fingerprint density at radius 1 is 0.587 bits per heavy atom. The summed E-state index contributed by atoms with van der Waals surface area (Å²) in [6, 6.07) is 19.9. The minimum Gasteiger partial charge on any atom is -0.208 e. The van der Waals surface area contributed by atoms with Crippen LogP contribution in [-0.2, 0) is 0 Å². The van der Waals surface area contributed by atoms with Crippen LogP contribution in [0.5, 0.6) is 0 Å². The standard InChI is InChI=1S/C41H27N3S2/c1-3-10-26(11-4-1)31-15-9-17-36-38(31)33-23-22-30(24-37(33)46-36)41-43-39(28-12-5-2-6-13-28)42-40(44-41)29-20-18-27(19-21-29)34-25-45-35-16-8-7-14-32(34)35/h1-24,34H,25H2/i1D,3D,4D,9D,10D,11D,15D,17D,22D,23D,24D. The van der Waals surface area contributed by atoms with Gasteiger partial charge < -0.3 is 0 Å². The van der Waals surface area contributed by atoms with E-state index >= 15 is 0 Å². The molecule has 0 bridgehead atoms. The van der Waals surface area contributed by atoms with Gasteiger partial charge in [-0.05, 0) is 40.4 Å². The summed E-state index contributed by atoms with van der Waals surface area (Å²) in [5.41, 5.74) is 3.12. The van der Waals surface area contributed by atoms with Gasteiger partial charge in [-0.3, -0.25) is 0 Å². The van der Waals surface area contributed by atoms with Crippen molar-refractivity contribution in [3.63, 3.8) is 0 Å². The number of thioether (sulfide) groups is 1. The molecule has 5 heteroatoms. The Morgan fingerprint density at radius 2 is 1.30 bits per heavy atom. The third-order valence-corrected chi connectivity index (χ3v) is 10.2. The molecule has 0 spiro atoms. The zero-order valence-electron chi connectivity index (χ0n) is 34.9. The molecule has 1 atom stereocenters. The van der Waals surface area contributed by atoms with Gasteiger partial charge in [0, 0.05) is 53.4 Å². The number of fused-ring (bicyclic) bond motifs is 4. The predicted molar refractivity (Wildman–Crippen MR) is 193 cm³/mol. The van der Waals surface area contributed by atoms with E-state index in [0.717, 1.165) is 22.7 Å². The Balaban J connectivity index is 1.27. The Hall–Kier alpha value is -5.10. The van der Waals surface area contributed by atoms with E-state index in [1.54, 1.807) is 0 Å². The molecule has 0 saturated carbocycles. The van der Waals surface area contributed by atoms with Crippen LogP contribution < -0.4 is 0 Å². The fraction of sp³-hybridized carbons (Fsp3) is 0.0488. The molecule has 1 unspecified atom stereocenters. The molecule has 218 valence electrons. The maximum Gasteiger partial charge on any atom is 0.164 e. The van der Waals surface area contributed by atoms with Gasteiger partial charge in [0.25, 0.3) is 0 Å². The van der Waals surface area contributed by atoms with E-state index in [2.05, 4.69) is 24.3 Å². The Morgan fingerprint density at radius 3 is 2.11 bits per heavy atom. The summed E-state index contributed by atoms with van der Waals surface area (Å²) in [5, 5.41) is 0.000119. The van der Waals surface area contributed by atoms with E-state index in [1.165, 1.54) is 10.5 Å². The highest BCUT2D eigenvalue weighted by Gasteiger charge is 2.24. The first-order chi connectivity index (χ1) is 27.4. The molecule has 46 heavy (non-hydrogen) atoms. The number of benzene rings is 6. The smallest absolute Gasteiger partial charge is 0.164 e. The predicted octanol–water partition coefficient (Wildman–Crippen LogP) is 11.1. The second-order valence-electron chi connectivity index (χ2n) is 10.7. The van der Waals surface area contributed by atoms with E-state index in [-0.39, 0.29) is 66.5 Å². The first-order valence-electron chi connectivity index (χ1n) is 20.0. The minimum absolute atomic E-state index is 0.00244. The highest BCUT2D eigenvalue weighted by atomic mass is 32.2. The number of hydrogen-bond acceptors (Lipinski definition) is 5. The van der Waals surface area contributed by atoms with E-state index < -0.39 is 54.4 Å². The fourth-order valence-corrected chi connectivity index (χ4v) is 8.05. The van der Waals surface area contributed by atoms with Crippen LogP contribution in [0.25, 0.3) is 65.5 Å². The van der Waals surface area contributed by atoms with Gasteiger partial charge in [-0.1, -0.05) is 127 Å². The lowest BCUT2D eigenvalue weighted by atomic mass is 9.92. The molecule has 0 radical (unpaired) electrons. The van der Waals surface area contributed by atoms with Crippen LogP contribution in [0.15, 0.2) is 150 Å². The zero-order chi connectivity index (χ0) is 40.0. The molecule has 8 aromatic rings. The van der Waals surface area contributed by atoms with Crippen LogP contribution in [0.1, 0.15) is 32.1 Å². The van der Waals surface area contributed by atoms with Crippen molar-refractivity contribution in [2.75, 3.05) is 5.75 Å². The number of rotatable bonds is 5. The summed E-state index contributed by atoms with van der Waals surface area (Å²) in [4.78, 5) is 15.6. The lowest BCUT2D eigenvalue weighted by Gasteiger charge is -2.12. The van der Waals surface area contributed by atoms with Crippen molar-refractivity contribution in [3.05, 3.63) is 156 Å². The van der Waals surface area contributed by atoms with Gasteiger partial charge >= 0.3 is 0 Å². The Labute approximate surface area is 291 Å². The summed E-state index contributed by atoms with van der Waals surface area (Å²) in [6.07, 6.45) is 0. The van der Waals surface area contributed by atoms with E-state index in [0.29, 0.717) is 17.0 Å². The third kappa shape index (κ3) is 4.80. The molecule has 0 amide bonds. The van der Waals surface area contributed by atoms with E-state index in [9.17, 15) is 4.11 Å². The van der Waals surface area contributed by atoms with E-state index in [1.807, 2.05) is 66.4 Å². The molecule has 0 fully saturated rings. The van der Waals surface area contributed by atoms with Gasteiger partial charge in [0.2, 0.25) is 0 Å². The zero-order valence-corrected chi connectivity index (χ0v) is 25.6. The maximum absolute atomic E-state index is 9.51. The first kappa shape index (κ1) is 18.1.